The number of piperidine rings is 1. The summed E-state index contributed by atoms with van der Waals surface area (Å²) >= 11 is 0. The molecule has 0 aromatic heterocycles. The second-order valence-electron chi connectivity index (χ2n) is 11.1. The third-order valence-corrected chi connectivity index (χ3v) is 7.08. The molecular formula is C33H40N2O2. The molecule has 4 nitrogen and oxygen atoms in total. The van der Waals surface area contributed by atoms with Gasteiger partial charge in [0.1, 0.15) is 11.4 Å². The number of benzene rings is 3. The Morgan fingerprint density at radius 2 is 1.73 bits per heavy atom. The molecule has 1 unspecified atom stereocenters. The van der Waals surface area contributed by atoms with Crippen molar-refractivity contribution in [3.63, 3.8) is 0 Å². The molecule has 1 aliphatic rings. The van der Waals surface area contributed by atoms with Crippen molar-refractivity contribution in [1.82, 2.24) is 4.90 Å². The van der Waals surface area contributed by atoms with Gasteiger partial charge >= 0.3 is 0 Å². The second kappa shape index (κ2) is 11.4. The van der Waals surface area contributed by atoms with Crippen molar-refractivity contribution in [2.45, 2.75) is 72.1 Å². The topological polar surface area (TPSA) is 56.6 Å². The fourth-order valence-electron chi connectivity index (χ4n) is 5.12. The summed E-state index contributed by atoms with van der Waals surface area (Å²) in [6, 6.07) is 20.7. The van der Waals surface area contributed by atoms with Gasteiger partial charge in [-0.3, -0.25) is 10.3 Å². The van der Waals surface area contributed by atoms with Crippen LogP contribution in [0.5, 0.6) is 5.75 Å². The van der Waals surface area contributed by atoms with E-state index in [9.17, 15) is 5.11 Å². The molecule has 194 valence electrons. The monoisotopic (exact) mass is 496 g/mol. The molecule has 0 radical (unpaired) electrons. The van der Waals surface area contributed by atoms with Crippen molar-refractivity contribution >= 4 is 18.0 Å². The van der Waals surface area contributed by atoms with Crippen LogP contribution >= 0.6 is 0 Å². The first-order valence-electron chi connectivity index (χ1n) is 13.3. The number of aromatic hydroxyl groups is 1. The first-order valence-corrected chi connectivity index (χ1v) is 13.3. The van der Waals surface area contributed by atoms with Gasteiger partial charge in [0.05, 0.1) is 6.04 Å². The zero-order valence-corrected chi connectivity index (χ0v) is 22.8. The van der Waals surface area contributed by atoms with Crippen molar-refractivity contribution in [3.05, 3.63) is 88.5 Å². The van der Waals surface area contributed by atoms with Crippen molar-refractivity contribution in [2.24, 2.45) is 0 Å². The van der Waals surface area contributed by atoms with Gasteiger partial charge in [0, 0.05) is 12.1 Å². The van der Waals surface area contributed by atoms with E-state index < -0.39 is 0 Å². The fraction of sp³-hybridized carbons (Fsp3) is 0.364. The smallest absolute Gasteiger partial charge is 0.198 e. The summed E-state index contributed by atoms with van der Waals surface area (Å²) in [6.45, 7) is 11.7. The quantitative estimate of drug-likeness (QED) is 0.206. The molecule has 4 rings (SSSR count). The van der Waals surface area contributed by atoms with Crippen LogP contribution in [0, 0.1) is 19.3 Å². The highest BCUT2D eigenvalue weighted by Crippen LogP contribution is 2.30. The number of phenolic OH excluding ortho intramolecular Hbond substituents is 1. The van der Waals surface area contributed by atoms with E-state index >= 15 is 0 Å². The second-order valence-corrected chi connectivity index (χ2v) is 11.1. The Bertz CT molecular complexity index is 1270. The summed E-state index contributed by atoms with van der Waals surface area (Å²) in [5, 5.41) is 19.5. The summed E-state index contributed by atoms with van der Waals surface area (Å²) < 4.78 is 5.91. The molecule has 0 aliphatic carbocycles. The maximum atomic E-state index is 11.0. The van der Waals surface area contributed by atoms with E-state index in [0.717, 1.165) is 48.1 Å². The summed E-state index contributed by atoms with van der Waals surface area (Å²) in [6.07, 6.45) is 7.33. The lowest BCUT2D eigenvalue weighted by atomic mass is 9.95. The number of ether oxygens (including phenoxy) is 1. The normalized spacial score (nSPS) is 16.7. The number of nitrogens with zero attached hydrogens (tertiary/aromatic N) is 1. The van der Waals surface area contributed by atoms with Crippen LogP contribution in [0.3, 0.4) is 0 Å². The number of likely N-dealkylation sites (tertiary alicyclic amines) is 1. The lowest BCUT2D eigenvalue weighted by Crippen LogP contribution is -2.46. The van der Waals surface area contributed by atoms with E-state index in [1.165, 1.54) is 16.7 Å². The molecule has 3 aromatic rings. The van der Waals surface area contributed by atoms with Crippen molar-refractivity contribution < 1.29 is 9.84 Å². The van der Waals surface area contributed by atoms with Crippen LogP contribution in [0.15, 0.2) is 60.7 Å². The van der Waals surface area contributed by atoms with E-state index in [-0.39, 0.29) is 11.6 Å². The molecule has 1 saturated heterocycles. The van der Waals surface area contributed by atoms with E-state index in [1.807, 2.05) is 32.9 Å². The predicted octanol–water partition coefficient (Wildman–Crippen LogP) is 7.99. The Hall–Kier alpha value is -3.37. The Morgan fingerprint density at radius 1 is 1.00 bits per heavy atom. The maximum absolute atomic E-state index is 11.0. The lowest BCUT2D eigenvalue weighted by molar-refractivity contribution is 0.0800. The number of rotatable bonds is 6. The number of aryl methyl sites for hydroxylation is 1. The molecule has 0 saturated carbocycles. The zero-order chi connectivity index (χ0) is 26.6. The highest BCUT2D eigenvalue weighted by atomic mass is 16.5. The van der Waals surface area contributed by atoms with Gasteiger partial charge in [-0.25, -0.2) is 0 Å². The third kappa shape index (κ3) is 6.69. The Balaban J connectivity index is 1.53. The highest BCUT2D eigenvalue weighted by Gasteiger charge is 2.30. The minimum atomic E-state index is -0.383. The van der Waals surface area contributed by atoms with Crippen molar-refractivity contribution in [2.75, 3.05) is 6.54 Å². The predicted molar refractivity (Wildman–Crippen MR) is 155 cm³/mol. The average Bonchev–Trinajstić information content (AvgIpc) is 2.86. The standard InChI is InChI=1S/C33H40N2O2/c1-23-20-28(22-35-19-10-9-16-30(35)32(34)37-33(3,4)5)31(36)21-27(23)18-17-25-14-11-15-29(24(25)2)26-12-7-6-8-13-26/h6-8,11-15,17-18,20-21,30,34,36H,9-10,16,19,22H2,1-5H3/b18-17+,34-32?. The molecule has 2 N–H and O–H groups in total. The van der Waals surface area contributed by atoms with Crippen molar-refractivity contribution in [1.29, 1.82) is 5.41 Å². The van der Waals surface area contributed by atoms with Gasteiger partial charge in [-0.15, -0.1) is 0 Å². The molecule has 1 atom stereocenters. The van der Waals surface area contributed by atoms with E-state index in [1.54, 1.807) is 0 Å². The molecule has 0 spiro atoms. The van der Waals surface area contributed by atoms with Gasteiger partial charge in [0.25, 0.3) is 0 Å². The zero-order valence-electron chi connectivity index (χ0n) is 22.8. The summed E-state index contributed by atoms with van der Waals surface area (Å²) in [7, 11) is 0. The molecule has 3 aromatic carbocycles. The fourth-order valence-corrected chi connectivity index (χ4v) is 5.12. The van der Waals surface area contributed by atoms with Crippen LogP contribution in [-0.4, -0.2) is 34.1 Å². The van der Waals surface area contributed by atoms with Gasteiger partial charge < -0.3 is 9.84 Å². The third-order valence-electron chi connectivity index (χ3n) is 7.08. The molecular weight excluding hydrogens is 456 g/mol. The molecule has 4 heteroatoms. The largest absolute Gasteiger partial charge is 0.508 e. The van der Waals surface area contributed by atoms with Gasteiger partial charge in [0.2, 0.25) is 0 Å². The van der Waals surface area contributed by atoms with Crippen LogP contribution in [0.4, 0.5) is 0 Å². The number of nitrogens with one attached hydrogen (secondary N) is 1. The minimum absolute atomic E-state index is 0.0490. The first kappa shape index (κ1) is 26.7. The van der Waals surface area contributed by atoms with Gasteiger partial charge in [-0.1, -0.05) is 73.2 Å². The highest BCUT2D eigenvalue weighted by molar-refractivity contribution is 5.80. The maximum Gasteiger partial charge on any atom is 0.198 e. The molecule has 1 fully saturated rings. The average molecular weight is 497 g/mol. The van der Waals surface area contributed by atoms with Crippen LogP contribution in [0.25, 0.3) is 23.3 Å². The molecule has 1 aliphatic heterocycles. The first-order chi connectivity index (χ1) is 17.6. The summed E-state index contributed by atoms with van der Waals surface area (Å²) in [5.41, 5.74) is 7.48. The van der Waals surface area contributed by atoms with Crippen LogP contribution in [0.1, 0.15) is 67.9 Å². The van der Waals surface area contributed by atoms with Crippen molar-refractivity contribution in [3.8, 4) is 16.9 Å². The Morgan fingerprint density at radius 3 is 2.46 bits per heavy atom. The van der Waals surface area contributed by atoms with E-state index in [0.29, 0.717) is 18.2 Å². The number of hydrogen-bond donors (Lipinski definition) is 2. The van der Waals surface area contributed by atoms with Gasteiger partial charge in [-0.05, 0) is 93.5 Å². The van der Waals surface area contributed by atoms with Gasteiger partial charge in [0.15, 0.2) is 5.90 Å². The molecule has 1 heterocycles. The van der Waals surface area contributed by atoms with Crippen LogP contribution in [0.2, 0.25) is 0 Å². The SMILES string of the molecule is Cc1cc(CN2CCCCC2C(=N)OC(C)(C)C)c(O)cc1/C=C/c1cccc(-c2ccccc2)c1C. The minimum Gasteiger partial charge on any atom is -0.508 e. The lowest BCUT2D eigenvalue weighted by Gasteiger charge is -2.37. The molecule has 0 amide bonds. The Kier molecular flexibility index (Phi) is 8.19. The Labute approximate surface area is 222 Å². The van der Waals surface area contributed by atoms with E-state index in [2.05, 4.69) is 79.4 Å². The summed E-state index contributed by atoms with van der Waals surface area (Å²) in [5.74, 6) is 0.628. The number of hydrogen-bond acceptors (Lipinski definition) is 4. The van der Waals surface area contributed by atoms with E-state index in [4.69, 9.17) is 10.1 Å². The number of phenols is 1. The molecule has 37 heavy (non-hydrogen) atoms. The van der Waals surface area contributed by atoms with Crippen LogP contribution < -0.4 is 0 Å². The van der Waals surface area contributed by atoms with Gasteiger partial charge in [-0.2, -0.15) is 0 Å². The van der Waals surface area contributed by atoms with Crippen LogP contribution in [-0.2, 0) is 11.3 Å². The molecule has 0 bridgehead atoms. The summed E-state index contributed by atoms with van der Waals surface area (Å²) in [4.78, 5) is 2.28.